The van der Waals surface area contributed by atoms with E-state index >= 15 is 0 Å². The van der Waals surface area contributed by atoms with Gasteiger partial charge in [0.15, 0.2) is 0 Å². The number of aromatic amines is 1. The van der Waals surface area contributed by atoms with Crippen molar-refractivity contribution in [1.82, 2.24) is 53.0 Å². The SMILES string of the molecule is CC(C)CC(CC(=O)NO)C(=O)N[C@H](C(=O)N[C@@H](Cc1c[nH]c2ccccc12)C(=O)NCC(=O)NCC(=O)N[C@@H](CCCCNC(=O)CCCC[C@@H]1SC[C@@H]2NC(=O)N[C@@H]21)C(N)=O)[C@@H](C)O. The molecule has 2 aromatic rings. The molecule has 2 aliphatic heterocycles. The summed E-state index contributed by atoms with van der Waals surface area (Å²) in [6.45, 7) is 4.11. The van der Waals surface area contributed by atoms with Gasteiger partial charge in [-0.05, 0) is 63.0 Å². The average molecular weight is 944 g/mol. The van der Waals surface area contributed by atoms with Gasteiger partial charge in [-0.3, -0.25) is 43.6 Å². The lowest BCUT2D eigenvalue weighted by Crippen LogP contribution is -2.58. The number of benzene rings is 1. The van der Waals surface area contributed by atoms with Gasteiger partial charge in [0, 0.05) is 59.8 Å². The van der Waals surface area contributed by atoms with Crippen LogP contribution in [0.4, 0.5) is 4.79 Å². The van der Waals surface area contributed by atoms with Crippen LogP contribution in [0.3, 0.4) is 0 Å². The summed E-state index contributed by atoms with van der Waals surface area (Å²) in [7, 11) is 0. The first-order valence-electron chi connectivity index (χ1n) is 22.3. The largest absolute Gasteiger partial charge is 0.391 e. The average Bonchev–Trinajstić information content (AvgIpc) is 3.97. The van der Waals surface area contributed by atoms with E-state index < -0.39 is 84.6 Å². The van der Waals surface area contributed by atoms with Gasteiger partial charge in [0.2, 0.25) is 47.3 Å². The van der Waals surface area contributed by atoms with Gasteiger partial charge >= 0.3 is 6.03 Å². The molecule has 0 saturated carbocycles. The third-order valence-corrected chi connectivity index (χ3v) is 12.9. The number of hydrogen-bond acceptors (Lipinski definition) is 12. The quantitative estimate of drug-likeness (QED) is 0.0208. The zero-order chi connectivity index (χ0) is 48.3. The third kappa shape index (κ3) is 16.8. The number of hydroxylamine groups is 1. The molecular weight excluding hydrogens is 879 g/mol. The molecule has 0 radical (unpaired) electrons. The molecule has 3 heterocycles. The molecular formula is C43H65N11O11S. The molecule has 14 N–H and O–H groups in total. The summed E-state index contributed by atoms with van der Waals surface area (Å²) < 4.78 is 0. The van der Waals surface area contributed by atoms with Crippen LogP contribution in [0.5, 0.6) is 0 Å². The predicted octanol–water partition coefficient (Wildman–Crippen LogP) is -1.17. The van der Waals surface area contributed by atoms with Crippen LogP contribution in [0.25, 0.3) is 10.9 Å². The van der Waals surface area contributed by atoms with Gasteiger partial charge in [0.1, 0.15) is 18.1 Å². The van der Waals surface area contributed by atoms with Crippen molar-refractivity contribution in [3.05, 3.63) is 36.0 Å². The Morgan fingerprint density at radius 1 is 0.818 bits per heavy atom. The Kier molecular flexibility index (Phi) is 21.0. The number of urea groups is 1. The second kappa shape index (κ2) is 26.3. The molecule has 1 unspecified atom stereocenters. The van der Waals surface area contributed by atoms with Crippen molar-refractivity contribution < 1.29 is 53.5 Å². The standard InChI is InChI=1S/C43H65N11O11S/c1-23(2)16-25(18-34(57)54-65)40(61)52-37(24(3)55)42(63)50-30(17-26-19-46-28-11-5-4-10-27(26)28)41(62)48-20-35(58)47-21-36(59)49-29(39(44)60)12-8-9-15-45-33(56)14-7-6-13-32-38-31(22-66-32)51-43(64)53-38/h4-5,10-11,19,23-25,29-32,37-38,46,55,65H,6-9,12-18,20-22H2,1-3H3,(H2,44,60)(H,45,56)(H,47,58)(H,48,62)(H,49,59)(H,50,63)(H,52,61)(H,54,57)(H2,51,53,64)/t24-,25?,29+,30+,31+,32+,37+,38+/m1/s1. The van der Waals surface area contributed by atoms with E-state index in [9.17, 15) is 48.3 Å². The minimum atomic E-state index is -1.56. The number of H-pyrrole nitrogens is 1. The van der Waals surface area contributed by atoms with Crippen LogP contribution in [0.15, 0.2) is 30.5 Å². The molecule has 10 amide bonds. The van der Waals surface area contributed by atoms with Crippen molar-refractivity contribution in [3.8, 4) is 0 Å². The van der Waals surface area contributed by atoms with Gasteiger partial charge in [0.25, 0.3) is 0 Å². The summed E-state index contributed by atoms with van der Waals surface area (Å²) in [4.78, 5) is 117. The van der Waals surface area contributed by atoms with Crippen LogP contribution >= 0.6 is 11.8 Å². The maximum Gasteiger partial charge on any atom is 0.315 e. The number of carbonyl (C=O) groups is 9. The normalized spacial score (nSPS) is 18.6. The minimum Gasteiger partial charge on any atom is -0.391 e. The Bertz CT molecular complexity index is 2030. The number of amides is 10. The first kappa shape index (κ1) is 52.7. The number of para-hydroxylation sites is 1. The molecule has 2 fully saturated rings. The van der Waals surface area contributed by atoms with Gasteiger partial charge in [0.05, 0.1) is 31.3 Å². The maximum atomic E-state index is 13.7. The highest BCUT2D eigenvalue weighted by atomic mass is 32.2. The summed E-state index contributed by atoms with van der Waals surface area (Å²) in [5.74, 6) is -5.75. The molecule has 8 atom stereocenters. The molecule has 0 spiro atoms. The fraction of sp³-hybridized carbons (Fsp3) is 0.605. The number of aliphatic hydroxyl groups excluding tert-OH is 1. The Morgan fingerprint density at radius 3 is 2.27 bits per heavy atom. The van der Waals surface area contributed by atoms with E-state index in [4.69, 9.17) is 10.9 Å². The van der Waals surface area contributed by atoms with Gasteiger partial charge < -0.3 is 58.4 Å². The lowest BCUT2D eigenvalue weighted by atomic mass is 9.92. The summed E-state index contributed by atoms with van der Waals surface area (Å²) >= 11 is 1.83. The van der Waals surface area contributed by atoms with E-state index in [0.717, 1.165) is 35.9 Å². The lowest BCUT2D eigenvalue weighted by molar-refractivity contribution is -0.138. The number of aromatic nitrogens is 1. The Morgan fingerprint density at radius 2 is 1.56 bits per heavy atom. The number of nitrogens with one attached hydrogen (secondary N) is 10. The molecule has 2 aliphatic rings. The molecule has 2 saturated heterocycles. The van der Waals surface area contributed by atoms with Crippen LogP contribution < -0.4 is 53.7 Å². The molecule has 1 aromatic heterocycles. The number of rotatable bonds is 28. The number of fused-ring (bicyclic) bond motifs is 2. The van der Waals surface area contributed by atoms with E-state index in [2.05, 4.69) is 47.5 Å². The van der Waals surface area contributed by atoms with Crippen molar-refractivity contribution >= 4 is 76.0 Å². The number of aliphatic hydroxyl groups is 1. The number of thioether (sulfide) groups is 1. The summed E-state index contributed by atoms with van der Waals surface area (Å²) in [6, 6.07) is 3.46. The Hall–Kier alpha value is -5.94. The lowest BCUT2D eigenvalue weighted by Gasteiger charge is -2.26. The van der Waals surface area contributed by atoms with Gasteiger partial charge in [-0.15, -0.1) is 0 Å². The maximum absolute atomic E-state index is 13.7. The summed E-state index contributed by atoms with van der Waals surface area (Å²) in [6.07, 6.45) is 3.99. The molecule has 0 bridgehead atoms. The Balaban J connectivity index is 1.22. The first-order chi connectivity index (χ1) is 31.4. The topological polar surface area (TPSA) is 344 Å². The van der Waals surface area contributed by atoms with Crippen LogP contribution in [0.1, 0.15) is 84.1 Å². The van der Waals surface area contributed by atoms with E-state index in [0.29, 0.717) is 36.6 Å². The zero-order valence-corrected chi connectivity index (χ0v) is 38.4. The number of carbonyl (C=O) groups excluding carboxylic acids is 9. The smallest absolute Gasteiger partial charge is 0.315 e. The number of primary amides is 1. The molecule has 22 nitrogen and oxygen atoms in total. The monoisotopic (exact) mass is 943 g/mol. The first-order valence-corrected chi connectivity index (χ1v) is 23.4. The fourth-order valence-corrected chi connectivity index (χ4v) is 9.46. The van der Waals surface area contributed by atoms with Gasteiger partial charge in [-0.25, -0.2) is 10.3 Å². The fourth-order valence-electron chi connectivity index (χ4n) is 7.92. The van der Waals surface area contributed by atoms with Crippen LogP contribution in [-0.4, -0.2) is 136 Å². The van der Waals surface area contributed by atoms with E-state index in [1.54, 1.807) is 12.3 Å². The van der Waals surface area contributed by atoms with E-state index in [-0.39, 0.29) is 55.6 Å². The van der Waals surface area contributed by atoms with Crippen LogP contribution in [-0.2, 0) is 44.8 Å². The second-order valence-corrected chi connectivity index (χ2v) is 18.4. The van der Waals surface area contributed by atoms with Crippen molar-refractivity contribution in [2.24, 2.45) is 17.6 Å². The van der Waals surface area contributed by atoms with E-state index in [1.807, 2.05) is 43.8 Å². The highest BCUT2D eigenvalue weighted by molar-refractivity contribution is 8.00. The highest BCUT2D eigenvalue weighted by Crippen LogP contribution is 2.33. The number of unbranched alkanes of at least 4 members (excludes halogenated alkanes) is 2. The van der Waals surface area contributed by atoms with Crippen molar-refractivity contribution in [3.63, 3.8) is 0 Å². The van der Waals surface area contributed by atoms with Crippen LogP contribution in [0, 0.1) is 11.8 Å². The van der Waals surface area contributed by atoms with Crippen molar-refractivity contribution in [2.75, 3.05) is 25.4 Å². The number of nitrogens with two attached hydrogens (primary N) is 1. The summed E-state index contributed by atoms with van der Waals surface area (Å²) in [5.41, 5.74) is 8.39. The predicted molar refractivity (Wildman–Crippen MR) is 243 cm³/mol. The van der Waals surface area contributed by atoms with Crippen molar-refractivity contribution in [1.29, 1.82) is 0 Å². The van der Waals surface area contributed by atoms with E-state index in [1.165, 1.54) is 12.4 Å². The third-order valence-electron chi connectivity index (χ3n) is 11.3. The highest BCUT2D eigenvalue weighted by Gasteiger charge is 2.42. The van der Waals surface area contributed by atoms with Gasteiger partial charge in [-0.1, -0.05) is 38.5 Å². The molecule has 0 aliphatic carbocycles. The minimum absolute atomic E-state index is 0.0438. The Labute approximate surface area is 386 Å². The molecule has 23 heteroatoms. The molecule has 66 heavy (non-hydrogen) atoms. The zero-order valence-electron chi connectivity index (χ0n) is 37.5. The molecule has 364 valence electrons. The summed E-state index contributed by atoms with van der Waals surface area (Å²) in [5, 5.41) is 41.7. The molecule has 4 rings (SSSR count). The van der Waals surface area contributed by atoms with Crippen molar-refractivity contribution in [2.45, 2.75) is 127 Å². The second-order valence-electron chi connectivity index (χ2n) is 17.1. The van der Waals surface area contributed by atoms with Crippen LogP contribution in [0.2, 0.25) is 0 Å². The number of hydrogen-bond donors (Lipinski definition) is 13. The molecule has 1 aromatic carbocycles. The van der Waals surface area contributed by atoms with Gasteiger partial charge in [-0.2, -0.15) is 11.8 Å².